The summed E-state index contributed by atoms with van der Waals surface area (Å²) in [6.45, 7) is 0.184. The summed E-state index contributed by atoms with van der Waals surface area (Å²) in [5.41, 5.74) is 0.741. The summed E-state index contributed by atoms with van der Waals surface area (Å²) in [6, 6.07) is 7.56. The lowest BCUT2D eigenvalue weighted by atomic mass is 10.3. The van der Waals surface area contributed by atoms with Crippen molar-refractivity contribution in [1.29, 1.82) is 0 Å². The van der Waals surface area contributed by atoms with Crippen molar-refractivity contribution in [3.63, 3.8) is 0 Å². The van der Waals surface area contributed by atoms with Crippen LogP contribution in [0.25, 0.3) is 0 Å². The zero-order chi connectivity index (χ0) is 15.5. The average molecular weight is 348 g/mol. The standard InChI is InChI=1S/C13H11Cl2NO4S/c1-19-13-9(3-2-6-16-13)8-20-12-5-4-10(7-11(12)14)21(15,17)18/h2-7H,8H2,1H3. The molecule has 0 atom stereocenters. The smallest absolute Gasteiger partial charge is 0.261 e. The number of benzene rings is 1. The number of ether oxygens (including phenoxy) is 2. The van der Waals surface area contributed by atoms with Crippen LogP contribution in [-0.2, 0) is 15.7 Å². The molecule has 0 fully saturated rings. The van der Waals surface area contributed by atoms with Crippen LogP contribution >= 0.6 is 22.3 Å². The zero-order valence-electron chi connectivity index (χ0n) is 10.9. The van der Waals surface area contributed by atoms with Crippen LogP contribution in [0.15, 0.2) is 41.4 Å². The average Bonchev–Trinajstić information content (AvgIpc) is 2.45. The highest BCUT2D eigenvalue weighted by molar-refractivity contribution is 8.13. The van der Waals surface area contributed by atoms with Gasteiger partial charge in [0.05, 0.1) is 22.6 Å². The SMILES string of the molecule is COc1ncccc1COc1ccc(S(=O)(=O)Cl)cc1Cl. The molecule has 0 saturated carbocycles. The van der Waals surface area contributed by atoms with E-state index < -0.39 is 9.05 Å². The Morgan fingerprint density at radius 1 is 1.29 bits per heavy atom. The molecule has 0 saturated heterocycles. The second-order valence-corrected chi connectivity index (χ2v) is 6.96. The third kappa shape index (κ3) is 4.00. The molecule has 0 unspecified atom stereocenters. The Hall–Kier alpha value is -1.50. The third-order valence-electron chi connectivity index (χ3n) is 2.61. The molecule has 2 rings (SSSR count). The quantitative estimate of drug-likeness (QED) is 0.776. The van der Waals surface area contributed by atoms with Gasteiger partial charge in [0, 0.05) is 16.9 Å². The predicted molar refractivity (Wildman–Crippen MR) is 79.6 cm³/mol. The van der Waals surface area contributed by atoms with Gasteiger partial charge in [-0.1, -0.05) is 11.6 Å². The molecule has 21 heavy (non-hydrogen) atoms. The first-order valence-electron chi connectivity index (χ1n) is 5.76. The second-order valence-electron chi connectivity index (χ2n) is 3.99. The number of pyridine rings is 1. The van der Waals surface area contributed by atoms with E-state index in [1.165, 1.54) is 25.3 Å². The molecule has 112 valence electrons. The summed E-state index contributed by atoms with van der Waals surface area (Å²) in [5, 5.41) is 0.152. The number of aromatic nitrogens is 1. The van der Waals surface area contributed by atoms with Crippen LogP contribution in [0.5, 0.6) is 11.6 Å². The van der Waals surface area contributed by atoms with E-state index in [1.54, 1.807) is 18.3 Å². The van der Waals surface area contributed by atoms with E-state index in [1.807, 2.05) is 0 Å². The molecular weight excluding hydrogens is 337 g/mol. The molecular formula is C13H11Cl2NO4S. The van der Waals surface area contributed by atoms with Crippen molar-refractivity contribution in [3.05, 3.63) is 47.1 Å². The van der Waals surface area contributed by atoms with Crippen LogP contribution in [0.3, 0.4) is 0 Å². The molecule has 0 aliphatic carbocycles. The Bertz CT molecular complexity index is 750. The number of rotatable bonds is 5. The van der Waals surface area contributed by atoms with E-state index in [9.17, 15) is 8.42 Å². The van der Waals surface area contributed by atoms with E-state index in [2.05, 4.69) is 4.98 Å². The highest BCUT2D eigenvalue weighted by atomic mass is 35.7. The lowest BCUT2D eigenvalue weighted by molar-refractivity contribution is 0.294. The molecule has 2 aromatic rings. The molecule has 1 aromatic heterocycles. The van der Waals surface area contributed by atoms with E-state index in [4.69, 9.17) is 31.8 Å². The minimum atomic E-state index is -3.82. The van der Waals surface area contributed by atoms with Crippen LogP contribution in [-0.4, -0.2) is 20.5 Å². The Kier molecular flexibility index (Phi) is 4.92. The van der Waals surface area contributed by atoms with E-state index in [0.29, 0.717) is 11.6 Å². The van der Waals surface area contributed by atoms with Crippen molar-refractivity contribution in [3.8, 4) is 11.6 Å². The maximum absolute atomic E-state index is 11.2. The minimum absolute atomic E-state index is 0.0829. The van der Waals surface area contributed by atoms with E-state index in [0.717, 1.165) is 5.56 Å². The van der Waals surface area contributed by atoms with Crippen molar-refractivity contribution in [2.75, 3.05) is 7.11 Å². The Morgan fingerprint density at radius 3 is 2.67 bits per heavy atom. The van der Waals surface area contributed by atoms with E-state index >= 15 is 0 Å². The number of nitrogens with zero attached hydrogens (tertiary/aromatic N) is 1. The summed E-state index contributed by atoms with van der Waals surface area (Å²) in [6.07, 6.45) is 1.61. The first-order chi connectivity index (χ1) is 9.91. The molecule has 0 bridgehead atoms. The lowest BCUT2D eigenvalue weighted by Crippen LogP contribution is -2.01. The molecule has 0 amide bonds. The van der Waals surface area contributed by atoms with Crippen LogP contribution in [0.4, 0.5) is 0 Å². The largest absolute Gasteiger partial charge is 0.487 e. The minimum Gasteiger partial charge on any atom is -0.487 e. The van der Waals surface area contributed by atoms with Gasteiger partial charge < -0.3 is 9.47 Å². The molecule has 0 radical (unpaired) electrons. The zero-order valence-corrected chi connectivity index (χ0v) is 13.2. The van der Waals surface area contributed by atoms with Crippen molar-refractivity contribution < 1.29 is 17.9 Å². The van der Waals surface area contributed by atoms with Crippen LogP contribution < -0.4 is 9.47 Å². The number of hydrogen-bond donors (Lipinski definition) is 0. The molecule has 1 aromatic carbocycles. The fourth-order valence-corrected chi connectivity index (χ4v) is 2.70. The van der Waals surface area contributed by atoms with Gasteiger partial charge in [0.1, 0.15) is 12.4 Å². The Labute approximate surface area is 131 Å². The van der Waals surface area contributed by atoms with Gasteiger partial charge in [-0.05, 0) is 30.3 Å². The second kappa shape index (κ2) is 6.51. The van der Waals surface area contributed by atoms with Gasteiger partial charge in [-0.2, -0.15) is 0 Å². The first kappa shape index (κ1) is 15.9. The van der Waals surface area contributed by atoms with Crippen LogP contribution in [0, 0.1) is 0 Å². The molecule has 0 aliphatic rings. The van der Waals surface area contributed by atoms with Gasteiger partial charge in [-0.25, -0.2) is 13.4 Å². The number of methoxy groups -OCH3 is 1. The fourth-order valence-electron chi connectivity index (χ4n) is 1.62. The predicted octanol–water partition coefficient (Wildman–Crippen LogP) is 3.25. The Balaban J connectivity index is 2.17. The topological polar surface area (TPSA) is 65.5 Å². The fraction of sp³-hybridized carbons (Fsp3) is 0.154. The van der Waals surface area contributed by atoms with Gasteiger partial charge >= 0.3 is 0 Å². The maximum atomic E-state index is 11.2. The van der Waals surface area contributed by atoms with Gasteiger partial charge in [0.25, 0.3) is 9.05 Å². The summed E-state index contributed by atoms with van der Waals surface area (Å²) in [5.74, 6) is 0.792. The van der Waals surface area contributed by atoms with Crippen molar-refractivity contribution in [2.45, 2.75) is 11.5 Å². The van der Waals surface area contributed by atoms with Crippen molar-refractivity contribution >= 4 is 31.3 Å². The Morgan fingerprint density at radius 2 is 2.05 bits per heavy atom. The first-order valence-corrected chi connectivity index (χ1v) is 8.45. The van der Waals surface area contributed by atoms with Crippen LogP contribution in [0.1, 0.15) is 5.56 Å². The molecule has 0 spiro atoms. The monoisotopic (exact) mass is 347 g/mol. The highest BCUT2D eigenvalue weighted by Crippen LogP contribution is 2.29. The van der Waals surface area contributed by atoms with Gasteiger partial charge in [-0.15, -0.1) is 0 Å². The molecule has 1 heterocycles. The van der Waals surface area contributed by atoms with Crippen molar-refractivity contribution in [1.82, 2.24) is 4.98 Å². The van der Waals surface area contributed by atoms with Crippen molar-refractivity contribution in [2.24, 2.45) is 0 Å². The summed E-state index contributed by atoms with van der Waals surface area (Å²) in [4.78, 5) is 3.96. The summed E-state index contributed by atoms with van der Waals surface area (Å²) in [7, 11) is 2.94. The third-order valence-corrected chi connectivity index (χ3v) is 4.26. The highest BCUT2D eigenvalue weighted by Gasteiger charge is 2.13. The number of halogens is 2. The van der Waals surface area contributed by atoms with Gasteiger partial charge in [0.2, 0.25) is 5.88 Å². The summed E-state index contributed by atoms with van der Waals surface area (Å²) < 4.78 is 33.1. The molecule has 5 nitrogen and oxygen atoms in total. The van der Waals surface area contributed by atoms with Gasteiger partial charge in [-0.3, -0.25) is 0 Å². The molecule has 8 heteroatoms. The summed E-state index contributed by atoms with van der Waals surface area (Å²) >= 11 is 5.98. The lowest BCUT2D eigenvalue weighted by Gasteiger charge is -2.10. The molecule has 0 aliphatic heterocycles. The molecule has 0 N–H and O–H groups in total. The number of hydrogen-bond acceptors (Lipinski definition) is 5. The normalized spacial score (nSPS) is 11.2. The van der Waals surface area contributed by atoms with E-state index in [-0.39, 0.29) is 16.5 Å². The van der Waals surface area contributed by atoms with Crippen LogP contribution in [0.2, 0.25) is 5.02 Å². The maximum Gasteiger partial charge on any atom is 0.261 e. The van der Waals surface area contributed by atoms with Gasteiger partial charge in [0.15, 0.2) is 0 Å².